The zero-order valence-electron chi connectivity index (χ0n) is 10.1. The van der Waals surface area contributed by atoms with E-state index in [1.165, 1.54) is 7.11 Å². The molecule has 1 heterocycles. The maximum atomic E-state index is 12.0. The first-order valence-corrected chi connectivity index (χ1v) is 7.01. The van der Waals surface area contributed by atoms with Gasteiger partial charge in [0, 0.05) is 7.11 Å². The van der Waals surface area contributed by atoms with Crippen molar-refractivity contribution in [3.8, 4) is 0 Å². The SMILES string of the molecule is CCOP(=O)(CCC1(C)NC(=O)NC1=O)OC. The quantitative estimate of drug-likeness (QED) is 0.548. The second-order valence-electron chi connectivity index (χ2n) is 3.93. The fourth-order valence-corrected chi connectivity index (χ4v) is 3.05. The van der Waals surface area contributed by atoms with Crippen molar-refractivity contribution >= 4 is 19.5 Å². The lowest BCUT2D eigenvalue weighted by Crippen LogP contribution is -2.44. The number of carbonyl (C=O) groups is 2. The van der Waals surface area contributed by atoms with Crippen molar-refractivity contribution in [1.29, 1.82) is 0 Å². The molecule has 0 aromatic carbocycles. The lowest BCUT2D eigenvalue weighted by atomic mass is 10.00. The lowest BCUT2D eigenvalue weighted by Gasteiger charge is -2.23. The van der Waals surface area contributed by atoms with Crippen LogP contribution in [-0.2, 0) is 18.4 Å². The number of carbonyl (C=O) groups excluding carboxylic acids is 2. The summed E-state index contributed by atoms with van der Waals surface area (Å²) < 4.78 is 21.8. The summed E-state index contributed by atoms with van der Waals surface area (Å²) >= 11 is 0. The average Bonchev–Trinajstić information content (AvgIpc) is 2.51. The third-order valence-corrected chi connectivity index (χ3v) is 4.59. The van der Waals surface area contributed by atoms with Crippen LogP contribution in [0.3, 0.4) is 0 Å². The third-order valence-electron chi connectivity index (χ3n) is 2.61. The van der Waals surface area contributed by atoms with Gasteiger partial charge in [0.15, 0.2) is 0 Å². The molecule has 2 atom stereocenters. The van der Waals surface area contributed by atoms with Crippen LogP contribution in [0.5, 0.6) is 0 Å². The van der Waals surface area contributed by atoms with Gasteiger partial charge in [-0.3, -0.25) is 14.7 Å². The summed E-state index contributed by atoms with van der Waals surface area (Å²) in [6, 6.07) is -0.541. The zero-order chi connectivity index (χ0) is 13.1. The van der Waals surface area contributed by atoms with Gasteiger partial charge in [0.25, 0.3) is 5.91 Å². The minimum absolute atomic E-state index is 0.0710. The molecule has 0 aromatic heterocycles. The highest BCUT2D eigenvalue weighted by Crippen LogP contribution is 2.48. The number of nitrogens with one attached hydrogen (secondary N) is 2. The van der Waals surface area contributed by atoms with E-state index in [1.54, 1.807) is 13.8 Å². The van der Waals surface area contributed by atoms with Crippen molar-refractivity contribution in [2.24, 2.45) is 0 Å². The van der Waals surface area contributed by atoms with Gasteiger partial charge < -0.3 is 14.4 Å². The highest BCUT2D eigenvalue weighted by atomic mass is 31.2. The number of imide groups is 1. The molecule has 17 heavy (non-hydrogen) atoms. The predicted octanol–water partition coefficient (Wildman–Crippen LogP) is 0.851. The van der Waals surface area contributed by atoms with E-state index in [-0.39, 0.29) is 19.2 Å². The Kier molecular flexibility index (Phi) is 4.30. The molecule has 2 N–H and O–H groups in total. The Morgan fingerprint density at radius 1 is 1.41 bits per heavy atom. The van der Waals surface area contributed by atoms with Crippen LogP contribution in [0.2, 0.25) is 0 Å². The summed E-state index contributed by atoms with van der Waals surface area (Å²) in [4.78, 5) is 22.5. The molecule has 1 aliphatic heterocycles. The molecule has 0 bridgehead atoms. The van der Waals surface area contributed by atoms with E-state index in [0.29, 0.717) is 0 Å². The van der Waals surface area contributed by atoms with E-state index >= 15 is 0 Å². The summed E-state index contributed by atoms with van der Waals surface area (Å²) in [7, 11) is -1.88. The maximum absolute atomic E-state index is 12.0. The van der Waals surface area contributed by atoms with E-state index in [1.807, 2.05) is 0 Å². The molecule has 1 saturated heterocycles. The molecule has 0 radical (unpaired) electrons. The summed E-state index contributed by atoms with van der Waals surface area (Å²) in [5, 5.41) is 4.62. The molecule has 7 nitrogen and oxygen atoms in total. The van der Waals surface area contributed by atoms with Gasteiger partial charge in [-0.1, -0.05) is 0 Å². The number of amides is 3. The van der Waals surface area contributed by atoms with Crippen LogP contribution in [0.15, 0.2) is 0 Å². The molecule has 8 heteroatoms. The fourth-order valence-electron chi connectivity index (χ4n) is 1.52. The van der Waals surface area contributed by atoms with Crippen molar-refractivity contribution < 1.29 is 23.2 Å². The highest BCUT2D eigenvalue weighted by Gasteiger charge is 2.43. The molecule has 1 fully saturated rings. The van der Waals surface area contributed by atoms with Crippen molar-refractivity contribution in [1.82, 2.24) is 10.6 Å². The van der Waals surface area contributed by atoms with Gasteiger partial charge in [0.2, 0.25) is 0 Å². The van der Waals surface area contributed by atoms with Crippen LogP contribution in [-0.4, -0.2) is 37.4 Å². The second-order valence-corrected chi connectivity index (χ2v) is 6.22. The van der Waals surface area contributed by atoms with Gasteiger partial charge in [-0.25, -0.2) is 4.79 Å². The standard InChI is InChI=1S/C9H17N2O5P/c1-4-16-17(14,15-3)6-5-9(2)7(12)10-8(13)11-9/h4-6H2,1-3H3,(H2,10,11,12,13). The van der Waals surface area contributed by atoms with Crippen LogP contribution in [0.4, 0.5) is 4.79 Å². The Bertz CT molecular complexity index is 372. The van der Waals surface area contributed by atoms with Gasteiger partial charge in [-0.15, -0.1) is 0 Å². The van der Waals surface area contributed by atoms with E-state index in [9.17, 15) is 14.2 Å². The topological polar surface area (TPSA) is 93.7 Å². The third kappa shape index (κ3) is 3.28. The van der Waals surface area contributed by atoms with Crippen LogP contribution < -0.4 is 10.6 Å². The molecule has 2 unspecified atom stereocenters. The Balaban J connectivity index is 2.63. The van der Waals surface area contributed by atoms with Crippen molar-refractivity contribution in [3.05, 3.63) is 0 Å². The molecule has 98 valence electrons. The number of hydrogen-bond donors (Lipinski definition) is 2. The van der Waals surface area contributed by atoms with Gasteiger partial charge >= 0.3 is 13.6 Å². The molecule has 0 aromatic rings. The number of hydrogen-bond acceptors (Lipinski definition) is 5. The minimum Gasteiger partial charge on any atom is -0.324 e. The minimum atomic E-state index is -3.17. The lowest BCUT2D eigenvalue weighted by molar-refractivity contribution is -0.123. The molecular weight excluding hydrogens is 247 g/mol. The Morgan fingerprint density at radius 2 is 2.06 bits per heavy atom. The fraction of sp³-hybridized carbons (Fsp3) is 0.778. The summed E-state index contributed by atoms with van der Waals surface area (Å²) in [6.07, 6.45) is 0.261. The van der Waals surface area contributed by atoms with Gasteiger partial charge in [-0.05, 0) is 20.3 Å². The van der Waals surface area contributed by atoms with Crippen LogP contribution >= 0.6 is 7.60 Å². The smallest absolute Gasteiger partial charge is 0.324 e. The van der Waals surface area contributed by atoms with Crippen molar-refractivity contribution in [2.45, 2.75) is 25.8 Å². The molecule has 1 aliphatic rings. The first-order valence-electron chi connectivity index (χ1n) is 5.28. The number of urea groups is 1. The van der Waals surface area contributed by atoms with Crippen LogP contribution in [0.1, 0.15) is 20.3 Å². The van der Waals surface area contributed by atoms with Gasteiger partial charge in [0.1, 0.15) is 5.54 Å². The molecular formula is C9H17N2O5P. The van der Waals surface area contributed by atoms with Gasteiger partial charge in [-0.2, -0.15) is 0 Å². The molecule has 3 amide bonds. The molecule has 0 spiro atoms. The Morgan fingerprint density at radius 3 is 2.47 bits per heavy atom. The van der Waals surface area contributed by atoms with E-state index in [0.717, 1.165) is 0 Å². The second kappa shape index (κ2) is 5.16. The average molecular weight is 264 g/mol. The summed E-state index contributed by atoms with van der Waals surface area (Å²) in [5.74, 6) is -0.429. The molecule has 0 aliphatic carbocycles. The van der Waals surface area contributed by atoms with Crippen LogP contribution in [0.25, 0.3) is 0 Å². The van der Waals surface area contributed by atoms with Crippen molar-refractivity contribution in [3.63, 3.8) is 0 Å². The first-order chi connectivity index (χ1) is 7.85. The molecule has 0 saturated carbocycles. The predicted molar refractivity (Wildman–Crippen MR) is 60.8 cm³/mol. The monoisotopic (exact) mass is 264 g/mol. The highest BCUT2D eigenvalue weighted by molar-refractivity contribution is 7.53. The van der Waals surface area contributed by atoms with E-state index in [2.05, 4.69) is 10.6 Å². The van der Waals surface area contributed by atoms with Crippen molar-refractivity contribution in [2.75, 3.05) is 19.9 Å². The van der Waals surface area contributed by atoms with Crippen LogP contribution in [0, 0.1) is 0 Å². The van der Waals surface area contributed by atoms with E-state index < -0.39 is 25.1 Å². The maximum Gasteiger partial charge on any atom is 0.330 e. The zero-order valence-corrected chi connectivity index (χ0v) is 11.0. The Labute approximate surface area is 99.8 Å². The van der Waals surface area contributed by atoms with E-state index in [4.69, 9.17) is 9.05 Å². The number of rotatable bonds is 6. The summed E-state index contributed by atoms with van der Waals surface area (Å²) in [6.45, 7) is 3.54. The molecule has 1 rings (SSSR count). The Hall–Kier alpha value is -0.910. The van der Waals surface area contributed by atoms with Gasteiger partial charge in [0.05, 0.1) is 12.8 Å². The largest absolute Gasteiger partial charge is 0.330 e. The normalized spacial score (nSPS) is 27.5. The summed E-state index contributed by atoms with van der Waals surface area (Å²) in [5.41, 5.74) is -1.05. The first kappa shape index (κ1) is 14.2.